The highest BCUT2D eigenvalue weighted by atomic mass is 35.5. The third-order valence-electron chi connectivity index (χ3n) is 6.40. The summed E-state index contributed by atoms with van der Waals surface area (Å²) in [5.74, 6) is -1.36. The van der Waals surface area contributed by atoms with Gasteiger partial charge in [-0.05, 0) is 66.6 Å². The summed E-state index contributed by atoms with van der Waals surface area (Å²) in [6.45, 7) is 1.89. The minimum Gasteiger partial charge on any atom is -0.323 e. The van der Waals surface area contributed by atoms with E-state index in [1.807, 2.05) is 6.07 Å². The third kappa shape index (κ3) is 5.78. The lowest BCUT2D eigenvalue weighted by Gasteiger charge is -2.29. The van der Waals surface area contributed by atoms with E-state index in [2.05, 4.69) is 20.6 Å². The predicted octanol–water partition coefficient (Wildman–Crippen LogP) is 5.04. The Balaban J connectivity index is 1.44. The van der Waals surface area contributed by atoms with Crippen molar-refractivity contribution in [2.75, 3.05) is 10.6 Å². The van der Waals surface area contributed by atoms with E-state index in [0.717, 1.165) is 11.8 Å². The number of anilines is 2. The standard InChI is InChI=1S/C29H23ClFN5O3/c1-17-12-18(5-8-22(17)27(37)35-26-10-7-20(31)15-33-26)16-36-25(14-21-4-2-3-11-32-21)28(38)34-24-13-19(30)6-9-23(24)29(36)39/h2-13,15,25H,14,16H2,1H3,(H,34,38)(H,33,35,37). The summed E-state index contributed by atoms with van der Waals surface area (Å²) in [5.41, 5.74) is 3.13. The van der Waals surface area contributed by atoms with E-state index in [0.29, 0.717) is 33.1 Å². The molecule has 0 spiro atoms. The molecule has 0 aliphatic carbocycles. The molecule has 2 aromatic carbocycles. The van der Waals surface area contributed by atoms with Crippen molar-refractivity contribution < 1.29 is 18.8 Å². The zero-order valence-electron chi connectivity index (χ0n) is 20.8. The van der Waals surface area contributed by atoms with Crippen LogP contribution in [0.1, 0.15) is 37.5 Å². The Kier molecular flexibility index (Phi) is 7.33. The van der Waals surface area contributed by atoms with Crippen LogP contribution in [-0.2, 0) is 17.8 Å². The van der Waals surface area contributed by atoms with E-state index in [1.54, 1.807) is 61.7 Å². The van der Waals surface area contributed by atoms with Crippen LogP contribution < -0.4 is 10.6 Å². The monoisotopic (exact) mass is 543 g/mol. The van der Waals surface area contributed by atoms with Crippen molar-refractivity contribution in [3.05, 3.63) is 118 Å². The maximum absolute atomic E-state index is 13.8. The van der Waals surface area contributed by atoms with Crippen molar-refractivity contribution in [1.82, 2.24) is 14.9 Å². The van der Waals surface area contributed by atoms with Crippen LogP contribution in [0.4, 0.5) is 15.9 Å². The fourth-order valence-corrected chi connectivity index (χ4v) is 4.64. The summed E-state index contributed by atoms with van der Waals surface area (Å²) >= 11 is 6.13. The maximum atomic E-state index is 13.8. The summed E-state index contributed by atoms with van der Waals surface area (Å²) in [5, 5.41) is 5.89. The van der Waals surface area contributed by atoms with Gasteiger partial charge in [0, 0.05) is 35.4 Å². The van der Waals surface area contributed by atoms with Crippen molar-refractivity contribution in [3.63, 3.8) is 0 Å². The highest BCUT2D eigenvalue weighted by Crippen LogP contribution is 2.29. The Hall–Kier alpha value is -4.63. The number of pyridine rings is 2. The predicted molar refractivity (Wildman–Crippen MR) is 145 cm³/mol. The summed E-state index contributed by atoms with van der Waals surface area (Å²) in [4.78, 5) is 49.7. The van der Waals surface area contributed by atoms with Gasteiger partial charge in [0.2, 0.25) is 5.91 Å². The first kappa shape index (κ1) is 26.0. The smallest absolute Gasteiger partial charge is 0.257 e. The molecule has 39 heavy (non-hydrogen) atoms. The number of benzene rings is 2. The van der Waals surface area contributed by atoms with Crippen LogP contribution in [0.15, 0.2) is 79.1 Å². The highest BCUT2D eigenvalue weighted by molar-refractivity contribution is 6.31. The molecule has 10 heteroatoms. The molecule has 2 N–H and O–H groups in total. The van der Waals surface area contributed by atoms with Crippen LogP contribution >= 0.6 is 11.6 Å². The molecule has 0 radical (unpaired) electrons. The second-order valence-corrected chi connectivity index (χ2v) is 9.55. The van der Waals surface area contributed by atoms with E-state index in [9.17, 15) is 18.8 Å². The lowest BCUT2D eigenvalue weighted by molar-refractivity contribution is -0.120. The van der Waals surface area contributed by atoms with Crippen LogP contribution in [0.2, 0.25) is 5.02 Å². The number of rotatable bonds is 6. The largest absolute Gasteiger partial charge is 0.323 e. The van der Waals surface area contributed by atoms with Gasteiger partial charge in [-0.25, -0.2) is 9.37 Å². The number of nitrogens with zero attached hydrogens (tertiary/aromatic N) is 3. The summed E-state index contributed by atoms with van der Waals surface area (Å²) in [6.07, 6.45) is 2.87. The van der Waals surface area contributed by atoms with Gasteiger partial charge in [0.05, 0.1) is 17.4 Å². The lowest BCUT2D eigenvalue weighted by atomic mass is 10.0. The SMILES string of the molecule is Cc1cc(CN2C(=O)c3ccc(Cl)cc3NC(=O)C2Cc2ccccn2)ccc1C(=O)Nc1ccc(F)cn1. The molecule has 2 aromatic heterocycles. The average molecular weight is 544 g/mol. The first-order valence-electron chi connectivity index (χ1n) is 12.1. The fourth-order valence-electron chi connectivity index (χ4n) is 4.47. The number of hydrogen-bond acceptors (Lipinski definition) is 5. The van der Waals surface area contributed by atoms with Crippen molar-refractivity contribution in [1.29, 1.82) is 0 Å². The molecule has 0 bridgehead atoms. The zero-order chi connectivity index (χ0) is 27.5. The first-order chi connectivity index (χ1) is 18.8. The van der Waals surface area contributed by atoms with E-state index in [1.165, 1.54) is 17.0 Å². The zero-order valence-corrected chi connectivity index (χ0v) is 21.6. The van der Waals surface area contributed by atoms with Gasteiger partial charge >= 0.3 is 0 Å². The van der Waals surface area contributed by atoms with Crippen LogP contribution in [0.5, 0.6) is 0 Å². The molecular weight excluding hydrogens is 521 g/mol. The molecule has 1 unspecified atom stereocenters. The lowest BCUT2D eigenvalue weighted by Crippen LogP contribution is -2.46. The van der Waals surface area contributed by atoms with Gasteiger partial charge in [0.15, 0.2) is 0 Å². The number of amides is 3. The van der Waals surface area contributed by atoms with Crippen LogP contribution in [0.3, 0.4) is 0 Å². The van der Waals surface area contributed by atoms with E-state index < -0.39 is 17.8 Å². The minimum atomic E-state index is -0.841. The number of fused-ring (bicyclic) bond motifs is 1. The molecule has 5 rings (SSSR count). The topological polar surface area (TPSA) is 104 Å². The molecular formula is C29H23ClFN5O3. The van der Waals surface area contributed by atoms with Crippen molar-refractivity contribution in [2.24, 2.45) is 0 Å². The van der Waals surface area contributed by atoms with E-state index in [-0.39, 0.29) is 30.6 Å². The van der Waals surface area contributed by atoms with Crippen LogP contribution in [0, 0.1) is 12.7 Å². The molecule has 0 fully saturated rings. The molecule has 3 amide bonds. The average Bonchev–Trinajstić information content (AvgIpc) is 3.00. The Morgan fingerprint density at radius 3 is 2.64 bits per heavy atom. The number of aryl methyl sites for hydroxylation is 1. The minimum absolute atomic E-state index is 0.119. The fraction of sp³-hybridized carbons (Fsp3) is 0.138. The number of hydrogen-bond donors (Lipinski definition) is 2. The van der Waals surface area contributed by atoms with E-state index >= 15 is 0 Å². The molecule has 1 atom stereocenters. The van der Waals surface area contributed by atoms with Crippen LogP contribution in [0.25, 0.3) is 0 Å². The molecule has 1 aliphatic rings. The molecule has 0 saturated heterocycles. The normalized spacial score (nSPS) is 14.8. The summed E-state index contributed by atoms with van der Waals surface area (Å²) in [6, 6.07) is 17.1. The molecule has 8 nitrogen and oxygen atoms in total. The second kappa shape index (κ2) is 11.0. The Morgan fingerprint density at radius 2 is 1.92 bits per heavy atom. The highest BCUT2D eigenvalue weighted by Gasteiger charge is 2.36. The van der Waals surface area contributed by atoms with Gasteiger partial charge in [-0.1, -0.05) is 29.8 Å². The second-order valence-electron chi connectivity index (χ2n) is 9.12. The Bertz CT molecular complexity index is 1560. The molecule has 3 heterocycles. The van der Waals surface area contributed by atoms with Gasteiger partial charge in [-0.15, -0.1) is 0 Å². The summed E-state index contributed by atoms with van der Waals surface area (Å²) in [7, 11) is 0. The number of nitrogens with one attached hydrogen (secondary N) is 2. The summed E-state index contributed by atoms with van der Waals surface area (Å²) < 4.78 is 13.1. The van der Waals surface area contributed by atoms with Gasteiger partial charge in [0.25, 0.3) is 11.8 Å². The van der Waals surface area contributed by atoms with Crippen LogP contribution in [-0.4, -0.2) is 38.6 Å². The van der Waals surface area contributed by atoms with E-state index in [4.69, 9.17) is 11.6 Å². The third-order valence-corrected chi connectivity index (χ3v) is 6.63. The van der Waals surface area contributed by atoms with Crippen molar-refractivity contribution in [3.8, 4) is 0 Å². The molecule has 1 aliphatic heterocycles. The van der Waals surface area contributed by atoms with Gasteiger partial charge < -0.3 is 15.5 Å². The molecule has 0 saturated carbocycles. The Morgan fingerprint density at radius 1 is 1.08 bits per heavy atom. The quantitative estimate of drug-likeness (QED) is 0.355. The van der Waals surface area contributed by atoms with Crippen molar-refractivity contribution >= 4 is 40.8 Å². The maximum Gasteiger partial charge on any atom is 0.257 e. The number of carbonyl (C=O) groups excluding carboxylic acids is 3. The number of halogens is 2. The van der Waals surface area contributed by atoms with Gasteiger partial charge in [-0.3, -0.25) is 19.4 Å². The molecule has 196 valence electrons. The van der Waals surface area contributed by atoms with Gasteiger partial charge in [0.1, 0.15) is 17.7 Å². The molecule has 4 aromatic rings. The van der Waals surface area contributed by atoms with Crippen molar-refractivity contribution in [2.45, 2.75) is 25.9 Å². The van der Waals surface area contributed by atoms with Gasteiger partial charge in [-0.2, -0.15) is 0 Å². The number of carbonyl (C=O) groups is 3. The first-order valence-corrected chi connectivity index (χ1v) is 12.5. The number of aromatic nitrogens is 2. The Labute approximate surface area is 228 Å².